The fourth-order valence-corrected chi connectivity index (χ4v) is 5.08. The van der Waals surface area contributed by atoms with Crippen LogP contribution in [0.4, 0.5) is 10.2 Å². The maximum atomic E-state index is 14.5. The van der Waals surface area contributed by atoms with Gasteiger partial charge in [0, 0.05) is 44.5 Å². The van der Waals surface area contributed by atoms with Crippen molar-refractivity contribution in [1.29, 1.82) is 0 Å². The number of anilines is 1. The highest BCUT2D eigenvalue weighted by atomic mass is 19.1. The molecule has 0 radical (unpaired) electrons. The number of hydrogen-bond donors (Lipinski definition) is 1. The number of H-pyrrole nitrogens is 1. The maximum absolute atomic E-state index is 14.5. The van der Waals surface area contributed by atoms with E-state index in [1.165, 1.54) is 9.08 Å². The summed E-state index contributed by atoms with van der Waals surface area (Å²) >= 11 is 0. The Balaban J connectivity index is 1.50. The van der Waals surface area contributed by atoms with Gasteiger partial charge in [-0.15, -0.1) is 0 Å². The molecule has 5 rings (SSSR count). The van der Waals surface area contributed by atoms with Gasteiger partial charge >= 0.3 is 5.69 Å². The minimum absolute atomic E-state index is 0.00969. The Morgan fingerprint density at radius 2 is 1.97 bits per heavy atom. The highest BCUT2D eigenvalue weighted by Crippen LogP contribution is 2.33. The SMILES string of the molecule is CC[C@H]1CN(C(C)c2ccn3nc(C)c(F)c3n2)[C@H](CC)CN1c1nc(=O)n(C)c2cn[nH]c12. The number of aryl methyl sites for hydroxylation is 2. The van der Waals surface area contributed by atoms with Gasteiger partial charge in [0.1, 0.15) is 5.52 Å². The molecule has 10 nitrogen and oxygen atoms in total. The molecule has 5 heterocycles. The molecule has 0 amide bonds. The molecule has 34 heavy (non-hydrogen) atoms. The van der Waals surface area contributed by atoms with Crippen LogP contribution in [0.15, 0.2) is 23.3 Å². The van der Waals surface area contributed by atoms with Gasteiger partial charge < -0.3 is 4.90 Å². The molecule has 0 aliphatic carbocycles. The van der Waals surface area contributed by atoms with Crippen molar-refractivity contribution in [2.45, 2.75) is 58.7 Å². The summed E-state index contributed by atoms with van der Waals surface area (Å²) in [4.78, 5) is 26.3. The van der Waals surface area contributed by atoms with Crippen molar-refractivity contribution in [2.24, 2.45) is 7.05 Å². The summed E-state index contributed by atoms with van der Waals surface area (Å²) < 4.78 is 17.5. The first kappa shape index (κ1) is 22.5. The number of rotatable bonds is 5. The lowest BCUT2D eigenvalue weighted by Crippen LogP contribution is -2.59. The van der Waals surface area contributed by atoms with E-state index in [0.717, 1.165) is 42.7 Å². The lowest BCUT2D eigenvalue weighted by Gasteiger charge is -2.48. The molecule has 1 unspecified atom stereocenters. The van der Waals surface area contributed by atoms with Crippen molar-refractivity contribution in [3.63, 3.8) is 0 Å². The van der Waals surface area contributed by atoms with Crippen molar-refractivity contribution < 1.29 is 4.39 Å². The van der Waals surface area contributed by atoms with Gasteiger partial charge in [0.25, 0.3) is 0 Å². The Morgan fingerprint density at radius 3 is 2.71 bits per heavy atom. The van der Waals surface area contributed by atoms with E-state index < -0.39 is 0 Å². The summed E-state index contributed by atoms with van der Waals surface area (Å²) in [6.07, 6.45) is 5.24. The van der Waals surface area contributed by atoms with Crippen molar-refractivity contribution in [3.05, 3.63) is 46.1 Å². The number of piperazine rings is 1. The van der Waals surface area contributed by atoms with E-state index in [1.54, 1.807) is 26.4 Å². The Hall–Kier alpha value is -3.34. The molecule has 11 heteroatoms. The summed E-state index contributed by atoms with van der Waals surface area (Å²) in [6.45, 7) is 9.56. The predicted octanol–water partition coefficient (Wildman–Crippen LogP) is 2.59. The smallest absolute Gasteiger partial charge is 0.349 e. The van der Waals surface area contributed by atoms with E-state index in [0.29, 0.717) is 11.5 Å². The first-order valence-electron chi connectivity index (χ1n) is 11.8. The average molecular weight is 468 g/mol. The number of fused-ring (bicyclic) bond motifs is 2. The molecule has 0 spiro atoms. The van der Waals surface area contributed by atoms with Crippen LogP contribution < -0.4 is 10.6 Å². The summed E-state index contributed by atoms with van der Waals surface area (Å²) in [5.41, 5.74) is 2.63. The first-order valence-corrected chi connectivity index (χ1v) is 11.8. The van der Waals surface area contributed by atoms with E-state index in [-0.39, 0.29) is 35.3 Å². The Kier molecular flexibility index (Phi) is 5.59. The van der Waals surface area contributed by atoms with E-state index in [1.807, 2.05) is 6.07 Å². The zero-order chi connectivity index (χ0) is 24.1. The van der Waals surface area contributed by atoms with Gasteiger partial charge in [-0.05, 0) is 32.8 Å². The van der Waals surface area contributed by atoms with Crippen molar-refractivity contribution in [3.8, 4) is 0 Å². The van der Waals surface area contributed by atoms with Crippen LogP contribution in [0.2, 0.25) is 0 Å². The van der Waals surface area contributed by atoms with Gasteiger partial charge in [-0.1, -0.05) is 13.8 Å². The molecule has 1 N–H and O–H groups in total. The van der Waals surface area contributed by atoms with E-state index in [4.69, 9.17) is 0 Å². The van der Waals surface area contributed by atoms with Gasteiger partial charge in [-0.3, -0.25) is 14.6 Å². The van der Waals surface area contributed by atoms with Crippen LogP contribution in [0.3, 0.4) is 0 Å². The van der Waals surface area contributed by atoms with Crippen LogP contribution >= 0.6 is 0 Å². The second kappa shape index (κ2) is 8.46. The zero-order valence-corrected chi connectivity index (χ0v) is 20.2. The van der Waals surface area contributed by atoms with Crippen LogP contribution in [0.25, 0.3) is 16.7 Å². The van der Waals surface area contributed by atoms with Gasteiger partial charge in [-0.2, -0.15) is 15.2 Å². The molecule has 1 saturated heterocycles. The molecule has 1 aliphatic heterocycles. The second-order valence-electron chi connectivity index (χ2n) is 9.08. The molecule has 0 aromatic carbocycles. The third kappa shape index (κ3) is 3.46. The molecule has 1 aliphatic rings. The number of halogens is 1. The standard InChI is InChI=1S/C23H30FN9O/c1-6-15-12-32(22-20-18(10-25-28-20)30(5)23(34)27-22)16(7-2)11-31(15)14(4)17-8-9-33-21(26-17)19(24)13(3)29-33/h8-10,14-16H,6-7,11-12H2,1-5H3,(H,25,28)/t14?,15-,16+/m1/s1. The summed E-state index contributed by atoms with van der Waals surface area (Å²) in [5, 5.41) is 11.4. The third-order valence-electron chi connectivity index (χ3n) is 7.18. The molecular formula is C23H30FN9O. The highest BCUT2D eigenvalue weighted by molar-refractivity contribution is 5.85. The predicted molar refractivity (Wildman–Crippen MR) is 127 cm³/mol. The monoisotopic (exact) mass is 467 g/mol. The van der Waals surface area contributed by atoms with Crippen molar-refractivity contribution >= 4 is 22.5 Å². The Morgan fingerprint density at radius 1 is 1.21 bits per heavy atom. The fourth-order valence-electron chi connectivity index (χ4n) is 5.08. The number of nitrogens with one attached hydrogen (secondary N) is 1. The van der Waals surface area contributed by atoms with E-state index in [9.17, 15) is 9.18 Å². The number of aromatic nitrogens is 7. The minimum Gasteiger partial charge on any atom is -0.349 e. The molecule has 3 atom stereocenters. The molecule has 4 aromatic rings. The quantitative estimate of drug-likeness (QED) is 0.482. The fraction of sp³-hybridized carbons (Fsp3) is 0.522. The first-order chi connectivity index (χ1) is 16.3. The maximum Gasteiger partial charge on any atom is 0.349 e. The van der Waals surface area contributed by atoms with Crippen LogP contribution in [0.1, 0.15) is 51.0 Å². The van der Waals surface area contributed by atoms with Crippen LogP contribution in [0.5, 0.6) is 0 Å². The molecule has 180 valence electrons. The Bertz CT molecular complexity index is 1410. The summed E-state index contributed by atoms with van der Waals surface area (Å²) in [7, 11) is 1.71. The summed E-state index contributed by atoms with van der Waals surface area (Å²) in [5.74, 6) is 0.280. The number of nitrogens with zero attached hydrogens (tertiary/aromatic N) is 8. The average Bonchev–Trinajstić information content (AvgIpc) is 3.45. The highest BCUT2D eigenvalue weighted by Gasteiger charge is 2.37. The van der Waals surface area contributed by atoms with Crippen LogP contribution in [-0.2, 0) is 7.05 Å². The van der Waals surface area contributed by atoms with Crippen LogP contribution in [0, 0.1) is 12.7 Å². The number of aromatic amines is 1. The number of hydrogen-bond acceptors (Lipinski definition) is 7. The van der Waals surface area contributed by atoms with Crippen molar-refractivity contribution in [1.82, 2.24) is 39.2 Å². The second-order valence-corrected chi connectivity index (χ2v) is 9.08. The minimum atomic E-state index is -0.377. The van der Waals surface area contributed by atoms with Gasteiger partial charge in [-0.25, -0.2) is 18.7 Å². The zero-order valence-electron chi connectivity index (χ0n) is 20.2. The molecular weight excluding hydrogens is 437 g/mol. The topological polar surface area (TPSA) is 100 Å². The Labute approximate surface area is 196 Å². The molecule has 1 fully saturated rings. The third-order valence-corrected chi connectivity index (χ3v) is 7.18. The largest absolute Gasteiger partial charge is 0.349 e. The van der Waals surface area contributed by atoms with Crippen molar-refractivity contribution in [2.75, 3.05) is 18.0 Å². The summed E-state index contributed by atoms with van der Waals surface area (Å²) in [6, 6.07) is 2.26. The lowest BCUT2D eigenvalue weighted by molar-refractivity contribution is 0.0988. The van der Waals surface area contributed by atoms with Gasteiger partial charge in [0.2, 0.25) is 0 Å². The van der Waals surface area contributed by atoms with E-state index >= 15 is 0 Å². The molecule has 4 aromatic heterocycles. The normalized spacial score (nSPS) is 20.5. The molecule has 0 saturated carbocycles. The van der Waals surface area contributed by atoms with E-state index in [2.05, 4.69) is 55.8 Å². The van der Waals surface area contributed by atoms with Crippen LogP contribution in [-0.4, -0.2) is 64.4 Å². The lowest BCUT2D eigenvalue weighted by atomic mass is 9.99. The van der Waals surface area contributed by atoms with Gasteiger partial charge in [0.15, 0.2) is 17.3 Å². The molecule has 0 bridgehead atoms. The van der Waals surface area contributed by atoms with Gasteiger partial charge in [0.05, 0.1) is 23.1 Å².